The molecule has 0 spiro atoms. The van der Waals surface area contributed by atoms with E-state index < -0.39 is 0 Å². The minimum absolute atomic E-state index is 0.581. The van der Waals surface area contributed by atoms with Gasteiger partial charge in [0.25, 0.3) is 0 Å². The number of aryl methyl sites for hydroxylation is 1. The van der Waals surface area contributed by atoms with Gasteiger partial charge in [-0.2, -0.15) is 5.10 Å². The van der Waals surface area contributed by atoms with Crippen molar-refractivity contribution < 1.29 is 4.74 Å². The van der Waals surface area contributed by atoms with Gasteiger partial charge in [0.05, 0.1) is 19.0 Å². The van der Waals surface area contributed by atoms with Crippen molar-refractivity contribution in [3.63, 3.8) is 0 Å². The van der Waals surface area contributed by atoms with Gasteiger partial charge in [-0.3, -0.25) is 4.68 Å². The number of aromatic nitrogens is 2. The van der Waals surface area contributed by atoms with Crippen LogP contribution in [0.1, 0.15) is 18.5 Å². The standard InChI is InChI=1S/C9H15N3O/c1-3-12-9(7-4-10-5-7)8(13-2)6-11-12/h6-7,10H,3-5H2,1-2H3. The lowest BCUT2D eigenvalue weighted by molar-refractivity contribution is 0.372. The van der Waals surface area contributed by atoms with Gasteiger partial charge in [-0.1, -0.05) is 0 Å². The maximum Gasteiger partial charge on any atom is 0.160 e. The number of nitrogens with one attached hydrogen (secondary N) is 1. The Bertz CT molecular complexity index is 270. The first-order valence-corrected chi connectivity index (χ1v) is 4.67. The molecular formula is C9H15N3O. The lowest BCUT2D eigenvalue weighted by Crippen LogP contribution is -2.41. The van der Waals surface area contributed by atoms with Crippen LogP contribution in [0.15, 0.2) is 6.20 Å². The summed E-state index contributed by atoms with van der Waals surface area (Å²) in [6, 6.07) is 0. The third kappa shape index (κ3) is 1.31. The predicted molar refractivity (Wildman–Crippen MR) is 50.1 cm³/mol. The van der Waals surface area contributed by atoms with Gasteiger partial charge >= 0.3 is 0 Å². The molecule has 2 heterocycles. The second-order valence-electron chi connectivity index (χ2n) is 3.27. The summed E-state index contributed by atoms with van der Waals surface area (Å²) in [5.74, 6) is 1.51. The molecule has 4 heteroatoms. The van der Waals surface area contributed by atoms with Crippen molar-refractivity contribution >= 4 is 0 Å². The van der Waals surface area contributed by atoms with Crippen LogP contribution in [0.4, 0.5) is 0 Å². The van der Waals surface area contributed by atoms with Crippen LogP contribution in [0.5, 0.6) is 5.75 Å². The molecule has 4 nitrogen and oxygen atoms in total. The van der Waals surface area contributed by atoms with E-state index in [0.717, 1.165) is 25.4 Å². The fourth-order valence-corrected chi connectivity index (χ4v) is 1.68. The highest BCUT2D eigenvalue weighted by molar-refractivity contribution is 5.30. The van der Waals surface area contributed by atoms with Gasteiger partial charge in [-0.25, -0.2) is 0 Å². The number of methoxy groups -OCH3 is 1. The number of hydrogen-bond acceptors (Lipinski definition) is 3. The Kier molecular flexibility index (Phi) is 2.22. The first kappa shape index (κ1) is 8.56. The molecule has 0 unspecified atom stereocenters. The molecule has 0 bridgehead atoms. The average molecular weight is 181 g/mol. The van der Waals surface area contributed by atoms with E-state index in [-0.39, 0.29) is 0 Å². The number of ether oxygens (including phenoxy) is 1. The highest BCUT2D eigenvalue weighted by Gasteiger charge is 2.26. The van der Waals surface area contributed by atoms with Gasteiger partial charge in [-0.05, 0) is 6.92 Å². The fourth-order valence-electron chi connectivity index (χ4n) is 1.68. The Morgan fingerprint density at radius 2 is 2.46 bits per heavy atom. The van der Waals surface area contributed by atoms with Crippen LogP contribution < -0.4 is 10.1 Å². The summed E-state index contributed by atoms with van der Waals surface area (Å²) >= 11 is 0. The van der Waals surface area contributed by atoms with Crippen molar-refractivity contribution in [2.75, 3.05) is 20.2 Å². The Morgan fingerprint density at radius 1 is 1.69 bits per heavy atom. The zero-order valence-corrected chi connectivity index (χ0v) is 8.08. The van der Waals surface area contributed by atoms with Gasteiger partial charge in [0, 0.05) is 25.6 Å². The quantitative estimate of drug-likeness (QED) is 0.742. The third-order valence-electron chi connectivity index (χ3n) is 2.53. The number of nitrogens with zero attached hydrogens (tertiary/aromatic N) is 2. The largest absolute Gasteiger partial charge is 0.493 e. The molecule has 0 saturated carbocycles. The second kappa shape index (κ2) is 3.38. The molecular weight excluding hydrogens is 166 g/mol. The molecule has 1 aromatic rings. The topological polar surface area (TPSA) is 39.1 Å². The van der Waals surface area contributed by atoms with E-state index in [1.54, 1.807) is 13.3 Å². The van der Waals surface area contributed by atoms with Crippen LogP contribution in [0.25, 0.3) is 0 Å². The molecule has 0 aliphatic carbocycles. The highest BCUT2D eigenvalue weighted by atomic mass is 16.5. The molecule has 1 aliphatic heterocycles. The lowest BCUT2D eigenvalue weighted by Gasteiger charge is -2.28. The highest BCUT2D eigenvalue weighted by Crippen LogP contribution is 2.28. The first-order valence-electron chi connectivity index (χ1n) is 4.67. The molecule has 72 valence electrons. The van der Waals surface area contributed by atoms with Crippen molar-refractivity contribution in [1.82, 2.24) is 15.1 Å². The first-order chi connectivity index (χ1) is 6.36. The van der Waals surface area contributed by atoms with E-state index in [1.165, 1.54) is 5.69 Å². The molecule has 1 N–H and O–H groups in total. The maximum atomic E-state index is 5.27. The molecule has 2 rings (SSSR count). The summed E-state index contributed by atoms with van der Waals surface area (Å²) in [6.07, 6.45) is 1.80. The predicted octanol–water partition coefficient (Wildman–Crippen LogP) is 0.598. The van der Waals surface area contributed by atoms with Crippen LogP contribution in [-0.2, 0) is 6.54 Å². The molecule has 1 aromatic heterocycles. The lowest BCUT2D eigenvalue weighted by atomic mass is 9.99. The molecule has 0 atom stereocenters. The normalized spacial score (nSPS) is 17.1. The average Bonchev–Trinajstić information content (AvgIpc) is 2.45. The molecule has 1 fully saturated rings. The molecule has 0 radical (unpaired) electrons. The SMILES string of the molecule is CCn1ncc(OC)c1C1CNC1. The molecule has 0 aromatic carbocycles. The van der Waals surface area contributed by atoms with Gasteiger partial charge in [0.15, 0.2) is 5.75 Å². The molecule has 1 saturated heterocycles. The minimum Gasteiger partial charge on any atom is -0.493 e. The van der Waals surface area contributed by atoms with Crippen LogP contribution in [-0.4, -0.2) is 30.0 Å². The van der Waals surface area contributed by atoms with Gasteiger partial charge < -0.3 is 10.1 Å². The number of hydrogen-bond donors (Lipinski definition) is 1. The van der Waals surface area contributed by atoms with Gasteiger partial charge in [0.2, 0.25) is 0 Å². The Morgan fingerprint density at radius 3 is 2.92 bits per heavy atom. The van der Waals surface area contributed by atoms with E-state index in [4.69, 9.17) is 4.74 Å². The summed E-state index contributed by atoms with van der Waals surface area (Å²) in [5.41, 5.74) is 1.24. The van der Waals surface area contributed by atoms with Crippen molar-refractivity contribution in [1.29, 1.82) is 0 Å². The van der Waals surface area contributed by atoms with E-state index in [0.29, 0.717) is 5.92 Å². The zero-order chi connectivity index (χ0) is 9.26. The monoisotopic (exact) mass is 181 g/mol. The van der Waals surface area contributed by atoms with Crippen LogP contribution >= 0.6 is 0 Å². The van der Waals surface area contributed by atoms with E-state index in [1.807, 2.05) is 4.68 Å². The summed E-state index contributed by atoms with van der Waals surface area (Å²) in [4.78, 5) is 0. The number of rotatable bonds is 3. The minimum atomic E-state index is 0.581. The molecule has 13 heavy (non-hydrogen) atoms. The van der Waals surface area contributed by atoms with Crippen molar-refractivity contribution in [2.45, 2.75) is 19.4 Å². The van der Waals surface area contributed by atoms with Crippen LogP contribution in [0.3, 0.4) is 0 Å². The van der Waals surface area contributed by atoms with Gasteiger partial charge in [-0.15, -0.1) is 0 Å². The smallest absolute Gasteiger partial charge is 0.160 e. The Labute approximate surface area is 77.9 Å². The maximum absolute atomic E-state index is 5.27. The summed E-state index contributed by atoms with van der Waals surface area (Å²) < 4.78 is 7.29. The summed E-state index contributed by atoms with van der Waals surface area (Å²) in [6.45, 7) is 5.10. The Balaban J connectivity index is 2.31. The van der Waals surface area contributed by atoms with E-state index >= 15 is 0 Å². The van der Waals surface area contributed by atoms with Crippen molar-refractivity contribution in [3.05, 3.63) is 11.9 Å². The Hall–Kier alpha value is -1.03. The second-order valence-corrected chi connectivity index (χ2v) is 3.27. The van der Waals surface area contributed by atoms with Crippen molar-refractivity contribution in [2.24, 2.45) is 0 Å². The molecule has 1 aliphatic rings. The fraction of sp³-hybridized carbons (Fsp3) is 0.667. The van der Waals surface area contributed by atoms with Crippen molar-refractivity contribution in [3.8, 4) is 5.75 Å². The van der Waals surface area contributed by atoms with Crippen LogP contribution in [0.2, 0.25) is 0 Å². The zero-order valence-electron chi connectivity index (χ0n) is 8.08. The summed E-state index contributed by atoms with van der Waals surface area (Å²) in [7, 11) is 1.70. The van der Waals surface area contributed by atoms with Gasteiger partial charge in [0.1, 0.15) is 0 Å². The molecule has 0 amide bonds. The van der Waals surface area contributed by atoms with Crippen LogP contribution in [0, 0.1) is 0 Å². The summed E-state index contributed by atoms with van der Waals surface area (Å²) in [5, 5.41) is 7.53. The van der Waals surface area contributed by atoms with E-state index in [2.05, 4.69) is 17.3 Å². The third-order valence-corrected chi connectivity index (χ3v) is 2.53. The van der Waals surface area contributed by atoms with E-state index in [9.17, 15) is 0 Å².